The Labute approximate surface area is 51.2 Å². The maximum atomic E-state index is 5.45. The van der Waals surface area contributed by atoms with Crippen molar-refractivity contribution in [2.24, 2.45) is 16.9 Å². The van der Waals surface area contributed by atoms with Crippen LogP contribution in [-0.4, -0.2) is 13.1 Å². The molecule has 0 radical (unpaired) electrons. The summed E-state index contributed by atoms with van der Waals surface area (Å²) < 4.78 is 0. The minimum atomic E-state index is 0.181. The molecule has 0 saturated carbocycles. The van der Waals surface area contributed by atoms with Gasteiger partial charge in [-0.3, -0.25) is 0 Å². The zero-order chi connectivity index (χ0) is 6.62. The summed E-state index contributed by atoms with van der Waals surface area (Å²) >= 11 is 0. The third-order valence-corrected chi connectivity index (χ3v) is 1.84. The summed E-state index contributed by atoms with van der Waals surface area (Å²) in [6.45, 7) is 5.60. The first-order chi connectivity index (χ1) is 3.68. The van der Waals surface area contributed by atoms with Crippen LogP contribution in [0.3, 0.4) is 0 Å². The van der Waals surface area contributed by atoms with Gasteiger partial charge in [-0.25, -0.2) is 0 Å². The summed E-state index contributed by atoms with van der Waals surface area (Å²) in [5.74, 6) is 0. The Morgan fingerprint density at radius 1 is 1.25 bits per heavy atom. The largest absolute Gasteiger partial charge is 0.330 e. The van der Waals surface area contributed by atoms with Gasteiger partial charge in [-0.05, 0) is 24.9 Å². The van der Waals surface area contributed by atoms with Gasteiger partial charge in [-0.15, -0.1) is 0 Å². The first-order valence-corrected chi connectivity index (χ1v) is 3.08. The molecule has 0 aromatic rings. The Morgan fingerprint density at radius 2 is 1.62 bits per heavy atom. The van der Waals surface area contributed by atoms with Crippen molar-refractivity contribution >= 4 is 0 Å². The fourth-order valence-electron chi connectivity index (χ4n) is 0.372. The van der Waals surface area contributed by atoms with Crippen molar-refractivity contribution in [1.82, 2.24) is 0 Å². The van der Waals surface area contributed by atoms with Crippen LogP contribution in [0.5, 0.6) is 0 Å². The summed E-state index contributed by atoms with van der Waals surface area (Å²) in [6.07, 6.45) is 1.07. The summed E-state index contributed by atoms with van der Waals surface area (Å²) in [7, 11) is 0. The highest BCUT2D eigenvalue weighted by Gasteiger charge is 2.16. The molecule has 0 rings (SSSR count). The molecule has 0 aliphatic carbocycles. The molecule has 0 saturated heterocycles. The molecule has 2 nitrogen and oxygen atoms in total. The van der Waals surface area contributed by atoms with E-state index in [0.717, 1.165) is 6.42 Å². The standard InChI is InChI=1S/C6H16N2/c1-3-6(2,4-7)5-8/h3-5,7-8H2,1-2H3. The molecule has 0 bridgehead atoms. The van der Waals surface area contributed by atoms with E-state index in [-0.39, 0.29) is 5.41 Å². The molecule has 0 aliphatic rings. The quantitative estimate of drug-likeness (QED) is 0.558. The van der Waals surface area contributed by atoms with E-state index in [2.05, 4.69) is 13.8 Å². The smallest absolute Gasteiger partial charge is 0.00112 e. The van der Waals surface area contributed by atoms with Gasteiger partial charge in [-0.1, -0.05) is 13.8 Å². The minimum Gasteiger partial charge on any atom is -0.330 e. The second-order valence-corrected chi connectivity index (χ2v) is 2.57. The summed E-state index contributed by atoms with van der Waals surface area (Å²) in [5, 5.41) is 0. The lowest BCUT2D eigenvalue weighted by Crippen LogP contribution is -2.34. The highest BCUT2D eigenvalue weighted by Crippen LogP contribution is 2.15. The van der Waals surface area contributed by atoms with E-state index < -0.39 is 0 Å². The maximum Gasteiger partial charge on any atom is -0.00112 e. The van der Waals surface area contributed by atoms with Gasteiger partial charge in [0.2, 0.25) is 0 Å². The topological polar surface area (TPSA) is 52.0 Å². The van der Waals surface area contributed by atoms with Crippen LogP contribution in [0.4, 0.5) is 0 Å². The summed E-state index contributed by atoms with van der Waals surface area (Å²) in [6, 6.07) is 0. The van der Waals surface area contributed by atoms with Gasteiger partial charge in [0, 0.05) is 0 Å². The van der Waals surface area contributed by atoms with E-state index in [1.165, 1.54) is 0 Å². The van der Waals surface area contributed by atoms with Crippen molar-refractivity contribution in [3.05, 3.63) is 0 Å². The van der Waals surface area contributed by atoms with Crippen LogP contribution in [0.15, 0.2) is 0 Å². The van der Waals surface area contributed by atoms with Crippen molar-refractivity contribution in [3.63, 3.8) is 0 Å². The van der Waals surface area contributed by atoms with E-state index in [4.69, 9.17) is 11.5 Å². The first kappa shape index (κ1) is 7.92. The molecular weight excluding hydrogens is 100 g/mol. The second-order valence-electron chi connectivity index (χ2n) is 2.57. The van der Waals surface area contributed by atoms with E-state index in [9.17, 15) is 0 Å². The Hall–Kier alpha value is -0.0800. The molecule has 0 heterocycles. The number of hydrogen-bond acceptors (Lipinski definition) is 2. The van der Waals surface area contributed by atoms with Gasteiger partial charge in [0.25, 0.3) is 0 Å². The lowest BCUT2D eigenvalue weighted by Gasteiger charge is -2.23. The predicted molar refractivity (Wildman–Crippen MR) is 36.5 cm³/mol. The molecule has 8 heavy (non-hydrogen) atoms. The second kappa shape index (κ2) is 3.05. The van der Waals surface area contributed by atoms with Crippen molar-refractivity contribution in [2.45, 2.75) is 20.3 Å². The van der Waals surface area contributed by atoms with Gasteiger partial charge in [0.15, 0.2) is 0 Å². The lowest BCUT2D eigenvalue weighted by molar-refractivity contribution is 0.335. The van der Waals surface area contributed by atoms with Crippen LogP contribution in [-0.2, 0) is 0 Å². The molecular formula is C6H16N2. The van der Waals surface area contributed by atoms with Crippen molar-refractivity contribution in [3.8, 4) is 0 Å². The SMILES string of the molecule is CCC(C)(CN)CN. The first-order valence-electron chi connectivity index (χ1n) is 3.08. The van der Waals surface area contributed by atoms with Crippen LogP contribution in [0.2, 0.25) is 0 Å². The average Bonchev–Trinajstić information content (AvgIpc) is 1.87. The molecule has 4 N–H and O–H groups in total. The third-order valence-electron chi connectivity index (χ3n) is 1.84. The van der Waals surface area contributed by atoms with Crippen LogP contribution in [0.1, 0.15) is 20.3 Å². The normalized spacial score (nSPS) is 12.0. The van der Waals surface area contributed by atoms with Crippen LogP contribution in [0.25, 0.3) is 0 Å². The Balaban J connectivity index is 3.58. The third kappa shape index (κ3) is 1.80. The van der Waals surface area contributed by atoms with Crippen molar-refractivity contribution in [1.29, 1.82) is 0 Å². The number of nitrogens with two attached hydrogens (primary N) is 2. The molecule has 0 unspecified atom stereocenters. The molecule has 0 aromatic heterocycles. The van der Waals surface area contributed by atoms with Crippen molar-refractivity contribution < 1.29 is 0 Å². The van der Waals surface area contributed by atoms with Crippen LogP contribution in [0, 0.1) is 5.41 Å². The molecule has 0 spiro atoms. The summed E-state index contributed by atoms with van der Waals surface area (Å²) in [5.41, 5.74) is 11.1. The van der Waals surface area contributed by atoms with Gasteiger partial charge in [0.05, 0.1) is 0 Å². The Kier molecular flexibility index (Phi) is 3.02. The monoisotopic (exact) mass is 116 g/mol. The molecule has 0 fully saturated rings. The summed E-state index contributed by atoms with van der Waals surface area (Å²) in [4.78, 5) is 0. The van der Waals surface area contributed by atoms with Crippen molar-refractivity contribution in [2.75, 3.05) is 13.1 Å². The maximum absolute atomic E-state index is 5.45. The fourth-order valence-corrected chi connectivity index (χ4v) is 0.372. The van der Waals surface area contributed by atoms with Gasteiger partial charge in [-0.2, -0.15) is 0 Å². The van der Waals surface area contributed by atoms with E-state index >= 15 is 0 Å². The number of rotatable bonds is 3. The highest BCUT2D eigenvalue weighted by molar-refractivity contribution is 4.73. The zero-order valence-electron chi connectivity index (χ0n) is 5.78. The molecule has 0 atom stereocenters. The average molecular weight is 116 g/mol. The molecule has 0 amide bonds. The number of hydrogen-bond donors (Lipinski definition) is 2. The molecule has 2 heteroatoms. The van der Waals surface area contributed by atoms with Gasteiger partial charge >= 0.3 is 0 Å². The minimum absolute atomic E-state index is 0.181. The zero-order valence-corrected chi connectivity index (χ0v) is 5.78. The van der Waals surface area contributed by atoms with Gasteiger partial charge in [0.1, 0.15) is 0 Å². The molecule has 50 valence electrons. The van der Waals surface area contributed by atoms with Crippen LogP contribution < -0.4 is 11.5 Å². The Bertz CT molecular complexity index is 49.3. The lowest BCUT2D eigenvalue weighted by atomic mass is 9.88. The Morgan fingerprint density at radius 3 is 1.62 bits per heavy atom. The van der Waals surface area contributed by atoms with Crippen LogP contribution >= 0.6 is 0 Å². The predicted octanol–water partition coefficient (Wildman–Crippen LogP) is 0.320. The molecule has 0 aromatic carbocycles. The van der Waals surface area contributed by atoms with Gasteiger partial charge < -0.3 is 11.5 Å². The van der Waals surface area contributed by atoms with E-state index in [1.54, 1.807) is 0 Å². The van der Waals surface area contributed by atoms with E-state index in [0.29, 0.717) is 13.1 Å². The molecule has 0 aliphatic heterocycles. The van der Waals surface area contributed by atoms with E-state index in [1.807, 2.05) is 0 Å². The highest BCUT2D eigenvalue weighted by atomic mass is 14.7. The fraction of sp³-hybridized carbons (Fsp3) is 1.00.